The van der Waals surface area contributed by atoms with Crippen LogP contribution in [-0.4, -0.2) is 25.8 Å². The van der Waals surface area contributed by atoms with E-state index in [0.29, 0.717) is 25.4 Å². The van der Waals surface area contributed by atoms with Gasteiger partial charge in [-0.2, -0.15) is 9.61 Å². The van der Waals surface area contributed by atoms with Gasteiger partial charge < -0.3 is 4.74 Å². The summed E-state index contributed by atoms with van der Waals surface area (Å²) in [6.07, 6.45) is 2.30. The van der Waals surface area contributed by atoms with Gasteiger partial charge in [0.1, 0.15) is 11.2 Å². The van der Waals surface area contributed by atoms with Crippen molar-refractivity contribution in [3.8, 4) is 0 Å². The standard InChI is InChI=1S/C18H16N4O2S.CH4/c1-11-2-4-12(5-3-11)8-21-17-15(13-6-7-24-9-14(13)25-17)16-19-10-20-22(16)18(21)23;/h2-5,10H,6-9H2,1H3;1H4. The minimum Gasteiger partial charge on any atom is -0.376 e. The van der Waals surface area contributed by atoms with E-state index in [-0.39, 0.29) is 13.1 Å². The molecule has 5 rings (SSSR count). The van der Waals surface area contributed by atoms with Crippen LogP contribution in [0, 0.1) is 6.92 Å². The van der Waals surface area contributed by atoms with Crippen molar-refractivity contribution in [2.24, 2.45) is 0 Å². The Morgan fingerprint density at radius 1 is 1.27 bits per heavy atom. The highest BCUT2D eigenvalue weighted by atomic mass is 32.1. The molecule has 0 radical (unpaired) electrons. The summed E-state index contributed by atoms with van der Waals surface area (Å²) in [4.78, 5) is 19.5. The second-order valence-corrected chi connectivity index (χ2v) is 7.42. The fourth-order valence-corrected chi connectivity index (χ4v) is 4.68. The molecule has 6 nitrogen and oxygen atoms in total. The molecule has 1 aliphatic heterocycles. The summed E-state index contributed by atoms with van der Waals surface area (Å²) in [5.41, 5.74) is 4.05. The highest BCUT2D eigenvalue weighted by Crippen LogP contribution is 2.35. The Kier molecular flexibility index (Phi) is 4.13. The molecule has 0 saturated heterocycles. The second-order valence-electron chi connectivity index (χ2n) is 6.34. The van der Waals surface area contributed by atoms with Gasteiger partial charge in [0.05, 0.1) is 25.1 Å². The molecule has 4 heterocycles. The SMILES string of the molecule is C.Cc1ccc(Cn2c(=O)n3ncnc3c3c4c(sc32)COCC4)cc1. The summed E-state index contributed by atoms with van der Waals surface area (Å²) >= 11 is 1.64. The van der Waals surface area contributed by atoms with Gasteiger partial charge in [0.15, 0.2) is 5.65 Å². The number of benzene rings is 1. The number of thiophene rings is 1. The fourth-order valence-electron chi connectivity index (χ4n) is 3.41. The maximum absolute atomic E-state index is 13.0. The van der Waals surface area contributed by atoms with Gasteiger partial charge in [-0.15, -0.1) is 11.3 Å². The van der Waals surface area contributed by atoms with Crippen molar-refractivity contribution in [2.45, 2.75) is 33.9 Å². The zero-order valence-corrected chi connectivity index (χ0v) is 14.5. The molecule has 0 aliphatic carbocycles. The summed E-state index contributed by atoms with van der Waals surface area (Å²) in [6.45, 7) is 3.89. The van der Waals surface area contributed by atoms with E-state index < -0.39 is 0 Å². The Balaban J connectivity index is 0.00000168. The van der Waals surface area contributed by atoms with Crippen LogP contribution < -0.4 is 5.69 Å². The number of ether oxygens (including phenoxy) is 1. The van der Waals surface area contributed by atoms with Crippen LogP contribution in [0.4, 0.5) is 0 Å². The summed E-state index contributed by atoms with van der Waals surface area (Å²) in [6, 6.07) is 8.27. The van der Waals surface area contributed by atoms with Crippen LogP contribution in [-0.2, 0) is 24.3 Å². The summed E-state index contributed by atoms with van der Waals surface area (Å²) in [7, 11) is 0. The highest BCUT2D eigenvalue weighted by Gasteiger charge is 2.23. The predicted octanol–water partition coefficient (Wildman–Crippen LogP) is 3.17. The van der Waals surface area contributed by atoms with E-state index >= 15 is 0 Å². The predicted molar refractivity (Wildman–Crippen MR) is 103 cm³/mol. The smallest absolute Gasteiger partial charge is 0.352 e. The zero-order valence-electron chi connectivity index (χ0n) is 13.7. The Bertz CT molecular complexity index is 1150. The molecule has 7 heteroatoms. The van der Waals surface area contributed by atoms with Gasteiger partial charge in [-0.1, -0.05) is 37.3 Å². The van der Waals surface area contributed by atoms with Crippen LogP contribution >= 0.6 is 11.3 Å². The number of rotatable bonds is 2. The molecule has 0 spiro atoms. The minimum atomic E-state index is -0.153. The molecule has 3 aromatic heterocycles. The third kappa shape index (κ3) is 2.47. The van der Waals surface area contributed by atoms with E-state index in [1.54, 1.807) is 11.3 Å². The molecule has 0 saturated carbocycles. The number of fused-ring (bicyclic) bond motifs is 5. The third-order valence-electron chi connectivity index (χ3n) is 4.69. The first kappa shape index (κ1) is 16.9. The van der Waals surface area contributed by atoms with Crippen LogP contribution in [0.15, 0.2) is 35.4 Å². The number of hydrogen-bond donors (Lipinski definition) is 0. The Morgan fingerprint density at radius 3 is 2.88 bits per heavy atom. The van der Waals surface area contributed by atoms with Crippen molar-refractivity contribution in [3.63, 3.8) is 0 Å². The van der Waals surface area contributed by atoms with Crippen LogP contribution in [0.25, 0.3) is 15.9 Å². The van der Waals surface area contributed by atoms with Gasteiger partial charge in [0, 0.05) is 4.88 Å². The van der Waals surface area contributed by atoms with E-state index in [4.69, 9.17) is 4.74 Å². The maximum atomic E-state index is 13.0. The largest absolute Gasteiger partial charge is 0.376 e. The van der Waals surface area contributed by atoms with Crippen LogP contribution in [0.2, 0.25) is 0 Å². The molecular weight excluding hydrogens is 348 g/mol. The Hall–Kier alpha value is -2.51. The van der Waals surface area contributed by atoms with Crippen LogP contribution in [0.3, 0.4) is 0 Å². The molecule has 0 N–H and O–H groups in total. The molecule has 0 bridgehead atoms. The monoisotopic (exact) mass is 368 g/mol. The average molecular weight is 368 g/mol. The van der Waals surface area contributed by atoms with E-state index in [1.165, 1.54) is 26.8 Å². The lowest BCUT2D eigenvalue weighted by Crippen LogP contribution is -2.28. The van der Waals surface area contributed by atoms with Crippen LogP contribution in [0.1, 0.15) is 29.0 Å². The quantitative estimate of drug-likeness (QED) is 0.545. The lowest BCUT2D eigenvalue weighted by Gasteiger charge is -2.12. The summed E-state index contributed by atoms with van der Waals surface area (Å²) in [5.74, 6) is 0. The number of aromatic nitrogens is 4. The number of nitrogens with zero attached hydrogens (tertiary/aromatic N) is 4. The summed E-state index contributed by atoms with van der Waals surface area (Å²) < 4.78 is 8.83. The molecule has 0 atom stereocenters. The molecule has 26 heavy (non-hydrogen) atoms. The first-order valence-corrected chi connectivity index (χ1v) is 9.04. The first-order chi connectivity index (χ1) is 12.2. The van der Waals surface area contributed by atoms with Gasteiger partial charge in [0.2, 0.25) is 0 Å². The zero-order chi connectivity index (χ0) is 17.0. The molecule has 1 aromatic carbocycles. The lowest BCUT2D eigenvalue weighted by atomic mass is 10.1. The van der Waals surface area contributed by atoms with Crippen LogP contribution in [0.5, 0.6) is 0 Å². The maximum Gasteiger partial charge on any atom is 0.352 e. The molecule has 0 amide bonds. The Labute approximate surface area is 154 Å². The van der Waals surface area contributed by atoms with E-state index in [1.807, 2.05) is 4.57 Å². The fraction of sp³-hybridized carbons (Fsp3) is 0.316. The second kappa shape index (κ2) is 6.34. The van der Waals surface area contributed by atoms with Gasteiger partial charge >= 0.3 is 5.69 Å². The lowest BCUT2D eigenvalue weighted by molar-refractivity contribution is 0.114. The number of aryl methyl sites for hydroxylation is 1. The van der Waals surface area contributed by atoms with Crippen molar-refractivity contribution in [1.29, 1.82) is 0 Å². The number of hydrogen-bond acceptors (Lipinski definition) is 5. The topological polar surface area (TPSA) is 61.4 Å². The van der Waals surface area contributed by atoms with Gasteiger partial charge in [-0.05, 0) is 24.5 Å². The van der Waals surface area contributed by atoms with E-state index in [2.05, 4.69) is 41.3 Å². The van der Waals surface area contributed by atoms with Crippen molar-refractivity contribution < 1.29 is 4.74 Å². The molecule has 0 unspecified atom stereocenters. The summed E-state index contributed by atoms with van der Waals surface area (Å²) in [5, 5.41) is 5.21. The minimum absolute atomic E-state index is 0. The van der Waals surface area contributed by atoms with Gasteiger partial charge in [0.25, 0.3) is 0 Å². The van der Waals surface area contributed by atoms with E-state index in [0.717, 1.165) is 22.2 Å². The van der Waals surface area contributed by atoms with Crippen molar-refractivity contribution in [2.75, 3.05) is 6.61 Å². The highest BCUT2D eigenvalue weighted by molar-refractivity contribution is 7.19. The normalized spacial score (nSPS) is 13.7. The Morgan fingerprint density at radius 2 is 2.08 bits per heavy atom. The van der Waals surface area contributed by atoms with Crippen molar-refractivity contribution >= 4 is 27.2 Å². The first-order valence-electron chi connectivity index (χ1n) is 8.22. The third-order valence-corrected chi connectivity index (χ3v) is 5.92. The van der Waals surface area contributed by atoms with Crippen molar-refractivity contribution in [1.82, 2.24) is 19.2 Å². The molecule has 0 fully saturated rings. The molecular formula is C19H20N4O2S. The van der Waals surface area contributed by atoms with Gasteiger partial charge in [-0.25, -0.2) is 9.78 Å². The molecule has 4 aromatic rings. The van der Waals surface area contributed by atoms with Crippen molar-refractivity contribution in [3.05, 3.63) is 62.6 Å². The molecule has 1 aliphatic rings. The molecule has 134 valence electrons. The van der Waals surface area contributed by atoms with E-state index in [9.17, 15) is 4.79 Å². The average Bonchev–Trinajstić information content (AvgIpc) is 3.24. The van der Waals surface area contributed by atoms with Gasteiger partial charge in [-0.3, -0.25) is 4.57 Å².